The molecule has 0 saturated heterocycles. The van der Waals surface area contributed by atoms with Crippen LogP contribution in [-0.4, -0.2) is 25.1 Å². The Morgan fingerprint density at radius 3 is 2.65 bits per heavy atom. The summed E-state index contributed by atoms with van der Waals surface area (Å²) in [5.74, 6) is 0.865. The van der Waals surface area contributed by atoms with Gasteiger partial charge in [0, 0.05) is 26.3 Å². The molecule has 3 nitrogen and oxygen atoms in total. The lowest BCUT2D eigenvalue weighted by molar-refractivity contribution is 0.155. The van der Waals surface area contributed by atoms with E-state index in [1.54, 1.807) is 0 Å². The van der Waals surface area contributed by atoms with Crippen LogP contribution in [0.3, 0.4) is 0 Å². The molecule has 2 bridgehead atoms. The van der Waals surface area contributed by atoms with Gasteiger partial charge < -0.3 is 10.2 Å². The number of rotatable bonds is 3. The molecular formula is C17H27N3. The normalized spacial score (nSPS) is 34.2. The van der Waals surface area contributed by atoms with Gasteiger partial charge >= 0.3 is 0 Å². The second-order valence-electron chi connectivity index (χ2n) is 7.78. The summed E-state index contributed by atoms with van der Waals surface area (Å²) < 4.78 is 0. The molecule has 0 spiro atoms. The highest BCUT2D eigenvalue weighted by Gasteiger charge is 2.59. The molecule has 1 aromatic rings. The highest BCUT2D eigenvalue weighted by molar-refractivity contribution is 5.68. The quantitative estimate of drug-likeness (QED) is 0.908. The molecule has 1 aromatic heterocycles. The third-order valence-corrected chi connectivity index (χ3v) is 5.85. The molecule has 2 saturated carbocycles. The first-order valence-electron chi connectivity index (χ1n) is 7.72. The summed E-state index contributed by atoms with van der Waals surface area (Å²) in [7, 11) is 4.18. The van der Waals surface area contributed by atoms with Crippen molar-refractivity contribution >= 4 is 11.4 Å². The zero-order valence-corrected chi connectivity index (χ0v) is 13.4. The molecule has 2 aliphatic rings. The minimum absolute atomic E-state index is 0.367. The Balaban J connectivity index is 1.92. The second-order valence-corrected chi connectivity index (χ2v) is 7.78. The molecule has 0 aliphatic heterocycles. The number of hydrogen-bond acceptors (Lipinski definition) is 3. The molecule has 0 radical (unpaired) electrons. The monoisotopic (exact) mass is 273 g/mol. The summed E-state index contributed by atoms with van der Waals surface area (Å²) in [5.41, 5.74) is 3.20. The van der Waals surface area contributed by atoms with Crippen LogP contribution in [0.5, 0.6) is 0 Å². The van der Waals surface area contributed by atoms with Gasteiger partial charge in [0.25, 0.3) is 0 Å². The third-order valence-electron chi connectivity index (χ3n) is 5.85. The number of hydrogen-bond donors (Lipinski definition) is 1. The van der Waals surface area contributed by atoms with E-state index in [1.807, 2.05) is 12.4 Å². The summed E-state index contributed by atoms with van der Waals surface area (Å²) in [6, 6.07) is 2.63. The Bertz CT molecular complexity index is 504. The number of aromatic nitrogens is 1. The molecule has 3 atom stereocenters. The molecule has 0 amide bonds. The van der Waals surface area contributed by atoms with Gasteiger partial charge in [-0.2, -0.15) is 0 Å². The van der Waals surface area contributed by atoms with E-state index < -0.39 is 0 Å². The summed E-state index contributed by atoms with van der Waals surface area (Å²) in [6.07, 6.45) is 7.97. The fourth-order valence-corrected chi connectivity index (χ4v) is 4.71. The Morgan fingerprint density at radius 2 is 2.05 bits per heavy atom. The van der Waals surface area contributed by atoms with Crippen LogP contribution >= 0.6 is 0 Å². The largest absolute Gasteiger partial charge is 0.378 e. The molecule has 0 aromatic carbocycles. The minimum atomic E-state index is 0.367. The molecule has 2 fully saturated rings. The number of nitrogens with zero attached hydrogens (tertiary/aromatic N) is 2. The molecule has 1 N–H and O–H groups in total. The second kappa shape index (κ2) is 4.37. The van der Waals surface area contributed by atoms with Gasteiger partial charge in [-0.1, -0.05) is 20.8 Å². The van der Waals surface area contributed by atoms with Crippen LogP contribution in [0.2, 0.25) is 0 Å². The van der Waals surface area contributed by atoms with Gasteiger partial charge in [0.15, 0.2) is 0 Å². The van der Waals surface area contributed by atoms with Crippen molar-refractivity contribution in [3.8, 4) is 0 Å². The SMILES string of the molecule is CN(C)c1ccncc1NC1C(C)(C)[C@H]2CC[C@]1(C)C2. The highest BCUT2D eigenvalue weighted by Crippen LogP contribution is 2.63. The van der Waals surface area contributed by atoms with E-state index in [9.17, 15) is 0 Å². The number of anilines is 2. The van der Waals surface area contributed by atoms with Crippen molar-refractivity contribution in [1.29, 1.82) is 0 Å². The zero-order valence-electron chi connectivity index (χ0n) is 13.4. The van der Waals surface area contributed by atoms with E-state index in [-0.39, 0.29) is 0 Å². The Labute approximate surface area is 122 Å². The van der Waals surface area contributed by atoms with Gasteiger partial charge in [0.2, 0.25) is 0 Å². The topological polar surface area (TPSA) is 28.2 Å². The van der Waals surface area contributed by atoms with Crippen LogP contribution in [-0.2, 0) is 0 Å². The van der Waals surface area contributed by atoms with Crippen LogP contribution in [0.15, 0.2) is 18.5 Å². The maximum Gasteiger partial charge on any atom is 0.0766 e. The van der Waals surface area contributed by atoms with Gasteiger partial charge in [-0.15, -0.1) is 0 Å². The van der Waals surface area contributed by atoms with Crippen molar-refractivity contribution in [2.75, 3.05) is 24.3 Å². The van der Waals surface area contributed by atoms with E-state index >= 15 is 0 Å². The van der Waals surface area contributed by atoms with Crippen molar-refractivity contribution in [2.24, 2.45) is 16.7 Å². The summed E-state index contributed by atoms with van der Waals surface area (Å²) in [6.45, 7) is 7.34. The number of fused-ring (bicyclic) bond motifs is 2. The maximum atomic E-state index is 4.31. The molecule has 1 heterocycles. The first-order valence-corrected chi connectivity index (χ1v) is 7.72. The Morgan fingerprint density at radius 1 is 1.30 bits per heavy atom. The first kappa shape index (κ1) is 13.7. The highest BCUT2D eigenvalue weighted by atomic mass is 15.1. The maximum absolute atomic E-state index is 4.31. The standard InChI is InChI=1S/C17H27N3/c1-16(2)12-6-8-17(3,10-12)15(16)19-13-11-18-9-7-14(13)20(4)5/h7,9,11-12,15,19H,6,8,10H2,1-5H3/t12-,15?,17+/m0/s1. The molecule has 3 heteroatoms. The summed E-state index contributed by atoms with van der Waals surface area (Å²) in [4.78, 5) is 6.47. The predicted octanol–water partition coefficient (Wildman–Crippen LogP) is 3.77. The van der Waals surface area contributed by atoms with E-state index in [1.165, 1.54) is 30.6 Å². The third kappa shape index (κ3) is 1.90. The van der Waals surface area contributed by atoms with Crippen LogP contribution in [0, 0.1) is 16.7 Å². The summed E-state index contributed by atoms with van der Waals surface area (Å²) in [5, 5.41) is 3.85. The average Bonchev–Trinajstić information content (AvgIpc) is 2.86. The molecular weight excluding hydrogens is 246 g/mol. The van der Waals surface area contributed by atoms with Gasteiger partial charge in [0.05, 0.1) is 17.6 Å². The lowest BCUT2D eigenvalue weighted by atomic mass is 9.68. The van der Waals surface area contributed by atoms with Crippen molar-refractivity contribution in [2.45, 2.75) is 46.1 Å². The number of nitrogens with one attached hydrogen (secondary N) is 1. The zero-order chi connectivity index (χ0) is 14.5. The summed E-state index contributed by atoms with van der Waals surface area (Å²) >= 11 is 0. The predicted molar refractivity (Wildman–Crippen MR) is 85.2 cm³/mol. The molecule has 110 valence electrons. The van der Waals surface area contributed by atoms with Gasteiger partial charge in [-0.3, -0.25) is 4.98 Å². The molecule has 2 aliphatic carbocycles. The van der Waals surface area contributed by atoms with Gasteiger partial charge in [-0.05, 0) is 42.1 Å². The molecule has 3 rings (SSSR count). The first-order chi connectivity index (χ1) is 9.34. The van der Waals surface area contributed by atoms with E-state index in [0.717, 1.165) is 5.92 Å². The van der Waals surface area contributed by atoms with Crippen LogP contribution in [0.1, 0.15) is 40.0 Å². The minimum Gasteiger partial charge on any atom is -0.378 e. The van der Waals surface area contributed by atoms with Crippen LogP contribution in [0.25, 0.3) is 0 Å². The Hall–Kier alpha value is -1.25. The van der Waals surface area contributed by atoms with Crippen LogP contribution < -0.4 is 10.2 Å². The van der Waals surface area contributed by atoms with Gasteiger partial charge in [-0.25, -0.2) is 0 Å². The fourth-order valence-electron chi connectivity index (χ4n) is 4.71. The fraction of sp³-hybridized carbons (Fsp3) is 0.706. The molecule has 20 heavy (non-hydrogen) atoms. The molecule has 1 unspecified atom stereocenters. The average molecular weight is 273 g/mol. The van der Waals surface area contributed by atoms with Crippen molar-refractivity contribution < 1.29 is 0 Å². The van der Waals surface area contributed by atoms with E-state index in [0.29, 0.717) is 16.9 Å². The van der Waals surface area contributed by atoms with E-state index in [4.69, 9.17) is 0 Å². The number of pyridine rings is 1. The van der Waals surface area contributed by atoms with Crippen molar-refractivity contribution in [3.05, 3.63) is 18.5 Å². The lowest BCUT2D eigenvalue weighted by Crippen LogP contribution is -2.46. The Kier molecular flexibility index (Phi) is 3.00. The smallest absolute Gasteiger partial charge is 0.0766 e. The lowest BCUT2D eigenvalue weighted by Gasteiger charge is -2.44. The van der Waals surface area contributed by atoms with E-state index in [2.05, 4.69) is 56.1 Å². The van der Waals surface area contributed by atoms with Crippen LogP contribution in [0.4, 0.5) is 11.4 Å². The van der Waals surface area contributed by atoms with Crippen molar-refractivity contribution in [3.63, 3.8) is 0 Å². The van der Waals surface area contributed by atoms with Gasteiger partial charge in [0.1, 0.15) is 0 Å². The van der Waals surface area contributed by atoms with Crippen molar-refractivity contribution in [1.82, 2.24) is 4.98 Å².